The van der Waals surface area contributed by atoms with Crippen molar-refractivity contribution in [3.63, 3.8) is 0 Å². The third kappa shape index (κ3) is 5.80. The number of hydrazone groups is 1. The smallest absolute Gasteiger partial charge is 0.271 e. The number of carbonyl (C=O) groups is 1. The molecule has 3 aromatic carbocycles. The molecule has 0 unspecified atom stereocenters. The molecule has 0 fully saturated rings. The van der Waals surface area contributed by atoms with E-state index in [1.165, 1.54) is 30.3 Å². The number of anilines is 1. The molecule has 3 rings (SSSR count). The molecule has 9 nitrogen and oxygen atoms in total. The lowest BCUT2D eigenvalue weighted by Gasteiger charge is -2.24. The van der Waals surface area contributed by atoms with Crippen molar-refractivity contribution in [2.24, 2.45) is 5.10 Å². The van der Waals surface area contributed by atoms with Gasteiger partial charge in [0.1, 0.15) is 6.54 Å². The minimum atomic E-state index is -4.05. The molecule has 33 heavy (non-hydrogen) atoms. The van der Waals surface area contributed by atoms with Crippen LogP contribution in [-0.2, 0) is 14.8 Å². The van der Waals surface area contributed by atoms with E-state index in [0.717, 1.165) is 21.6 Å². The maximum atomic E-state index is 13.3. The summed E-state index contributed by atoms with van der Waals surface area (Å²) in [5.41, 5.74) is 4.33. The SMILES string of the molecule is Cc1ccc(S(=O)(=O)N(CC(=O)N/N=C\c2ccccc2[N+](=O)[O-])c2cccc(C)c2)cc1. The minimum Gasteiger partial charge on any atom is -0.271 e. The molecule has 0 atom stereocenters. The Bertz CT molecular complexity index is 1300. The second kappa shape index (κ2) is 10.0. The van der Waals surface area contributed by atoms with Gasteiger partial charge in [-0.2, -0.15) is 5.10 Å². The Hall–Kier alpha value is -4.05. The monoisotopic (exact) mass is 466 g/mol. The Morgan fingerprint density at radius 2 is 1.73 bits per heavy atom. The van der Waals surface area contributed by atoms with E-state index < -0.39 is 27.4 Å². The highest BCUT2D eigenvalue weighted by molar-refractivity contribution is 7.92. The van der Waals surface area contributed by atoms with Gasteiger partial charge in [-0.3, -0.25) is 19.2 Å². The van der Waals surface area contributed by atoms with Crippen LogP contribution in [0, 0.1) is 24.0 Å². The predicted octanol–water partition coefficient (Wildman–Crippen LogP) is 3.56. The van der Waals surface area contributed by atoms with Crippen molar-refractivity contribution < 1.29 is 18.1 Å². The van der Waals surface area contributed by atoms with Crippen LogP contribution < -0.4 is 9.73 Å². The summed E-state index contributed by atoms with van der Waals surface area (Å²) in [4.78, 5) is 23.2. The summed E-state index contributed by atoms with van der Waals surface area (Å²) in [7, 11) is -4.05. The first-order valence-corrected chi connectivity index (χ1v) is 11.3. The fraction of sp³-hybridized carbons (Fsp3) is 0.130. The molecule has 10 heteroatoms. The van der Waals surface area contributed by atoms with Gasteiger partial charge in [-0.1, -0.05) is 42.0 Å². The first kappa shape index (κ1) is 23.6. The van der Waals surface area contributed by atoms with Crippen LogP contribution in [-0.4, -0.2) is 32.0 Å². The van der Waals surface area contributed by atoms with Gasteiger partial charge in [0.05, 0.1) is 27.3 Å². The molecule has 0 aliphatic carbocycles. The lowest BCUT2D eigenvalue weighted by Crippen LogP contribution is -2.39. The molecule has 170 valence electrons. The molecular weight excluding hydrogens is 444 g/mol. The van der Waals surface area contributed by atoms with Crippen molar-refractivity contribution in [2.45, 2.75) is 18.7 Å². The Labute approximate surface area is 191 Å². The van der Waals surface area contributed by atoms with Gasteiger partial charge < -0.3 is 0 Å². The number of benzene rings is 3. The van der Waals surface area contributed by atoms with Gasteiger partial charge in [0.25, 0.3) is 21.6 Å². The third-order valence-electron chi connectivity index (χ3n) is 4.71. The largest absolute Gasteiger partial charge is 0.278 e. The maximum absolute atomic E-state index is 13.3. The topological polar surface area (TPSA) is 122 Å². The molecule has 1 amide bonds. The highest BCUT2D eigenvalue weighted by Gasteiger charge is 2.27. The van der Waals surface area contributed by atoms with Crippen LogP contribution in [0.2, 0.25) is 0 Å². The first-order valence-electron chi connectivity index (χ1n) is 9.90. The van der Waals surface area contributed by atoms with Crippen LogP contribution >= 0.6 is 0 Å². The van der Waals surface area contributed by atoms with Crippen LogP contribution in [0.4, 0.5) is 11.4 Å². The molecule has 0 radical (unpaired) electrons. The summed E-state index contributed by atoms with van der Waals surface area (Å²) >= 11 is 0. The van der Waals surface area contributed by atoms with Crippen molar-refractivity contribution in [1.29, 1.82) is 0 Å². The standard InChI is InChI=1S/C23H22N4O5S/c1-17-10-12-21(13-11-17)33(31,32)26(20-8-5-6-18(2)14-20)16-23(28)25-24-15-19-7-3-4-9-22(19)27(29)30/h3-15H,16H2,1-2H3,(H,25,28)/b24-15-. The molecule has 0 saturated carbocycles. The van der Waals surface area contributed by atoms with Gasteiger partial charge in [0.15, 0.2) is 0 Å². The second-order valence-corrected chi connectivity index (χ2v) is 9.14. The maximum Gasteiger partial charge on any atom is 0.278 e. The molecule has 0 bridgehead atoms. The lowest BCUT2D eigenvalue weighted by molar-refractivity contribution is -0.385. The Morgan fingerprint density at radius 3 is 2.39 bits per heavy atom. The fourth-order valence-corrected chi connectivity index (χ4v) is 4.45. The normalized spacial score (nSPS) is 11.3. The summed E-state index contributed by atoms with van der Waals surface area (Å²) in [6.45, 7) is 3.13. The number of hydrogen-bond acceptors (Lipinski definition) is 6. The minimum absolute atomic E-state index is 0.0471. The van der Waals surface area contributed by atoms with Crippen LogP contribution in [0.25, 0.3) is 0 Å². The highest BCUT2D eigenvalue weighted by atomic mass is 32.2. The lowest BCUT2D eigenvalue weighted by atomic mass is 10.2. The fourth-order valence-electron chi connectivity index (χ4n) is 3.04. The summed E-state index contributed by atoms with van der Waals surface area (Å²) < 4.78 is 27.7. The summed E-state index contributed by atoms with van der Waals surface area (Å²) in [5, 5.41) is 14.9. The Balaban J connectivity index is 1.86. The number of amides is 1. The zero-order valence-electron chi connectivity index (χ0n) is 18.0. The molecule has 0 heterocycles. The van der Waals surface area contributed by atoms with Gasteiger partial charge in [-0.05, 0) is 49.7 Å². The third-order valence-corrected chi connectivity index (χ3v) is 6.50. The molecule has 0 aromatic heterocycles. The van der Waals surface area contributed by atoms with Gasteiger partial charge >= 0.3 is 0 Å². The number of nitro groups is 1. The van der Waals surface area contributed by atoms with Crippen LogP contribution in [0.15, 0.2) is 82.8 Å². The van der Waals surface area contributed by atoms with E-state index in [9.17, 15) is 23.3 Å². The molecule has 0 aliphatic heterocycles. The molecule has 1 N–H and O–H groups in total. The van der Waals surface area contributed by atoms with Gasteiger partial charge in [0, 0.05) is 6.07 Å². The van der Waals surface area contributed by atoms with Gasteiger partial charge in [-0.25, -0.2) is 13.8 Å². The Morgan fingerprint density at radius 1 is 1.03 bits per heavy atom. The first-order chi connectivity index (χ1) is 15.7. The summed E-state index contributed by atoms with van der Waals surface area (Å²) in [5.74, 6) is -0.706. The van der Waals surface area contributed by atoms with Crippen molar-refractivity contribution >= 4 is 33.5 Å². The van der Waals surface area contributed by atoms with Crippen molar-refractivity contribution in [3.8, 4) is 0 Å². The molecular formula is C23H22N4O5S. The zero-order valence-corrected chi connectivity index (χ0v) is 18.8. The molecule has 0 spiro atoms. The van der Waals surface area contributed by atoms with E-state index in [2.05, 4.69) is 10.5 Å². The average molecular weight is 467 g/mol. The van der Waals surface area contributed by atoms with E-state index in [1.807, 2.05) is 19.9 Å². The van der Waals surface area contributed by atoms with E-state index in [0.29, 0.717) is 5.69 Å². The number of aryl methyl sites for hydroxylation is 2. The molecule has 0 aliphatic rings. The van der Waals surface area contributed by atoms with Gasteiger partial charge in [-0.15, -0.1) is 0 Å². The highest BCUT2D eigenvalue weighted by Crippen LogP contribution is 2.24. The quantitative estimate of drug-likeness (QED) is 0.309. The average Bonchev–Trinajstić information content (AvgIpc) is 2.78. The number of nitrogens with one attached hydrogen (secondary N) is 1. The van der Waals surface area contributed by atoms with Gasteiger partial charge in [0.2, 0.25) is 0 Å². The van der Waals surface area contributed by atoms with Crippen LogP contribution in [0.1, 0.15) is 16.7 Å². The van der Waals surface area contributed by atoms with Crippen molar-refractivity contribution in [1.82, 2.24) is 5.43 Å². The van der Waals surface area contributed by atoms with Crippen LogP contribution in [0.5, 0.6) is 0 Å². The predicted molar refractivity (Wildman–Crippen MR) is 126 cm³/mol. The number of hydrogen-bond donors (Lipinski definition) is 1. The van der Waals surface area contributed by atoms with Crippen molar-refractivity contribution in [3.05, 3.63) is 99.6 Å². The number of para-hydroxylation sites is 1. The zero-order chi connectivity index (χ0) is 24.0. The van der Waals surface area contributed by atoms with E-state index in [-0.39, 0.29) is 16.1 Å². The molecule has 3 aromatic rings. The number of rotatable bonds is 8. The van der Waals surface area contributed by atoms with E-state index >= 15 is 0 Å². The second-order valence-electron chi connectivity index (χ2n) is 7.27. The van der Waals surface area contributed by atoms with E-state index in [1.54, 1.807) is 36.4 Å². The number of nitro benzene ring substituents is 1. The number of sulfonamides is 1. The number of carbonyl (C=O) groups excluding carboxylic acids is 1. The summed E-state index contributed by atoms with van der Waals surface area (Å²) in [6.07, 6.45) is 1.14. The molecule has 0 saturated heterocycles. The summed E-state index contributed by atoms with van der Waals surface area (Å²) in [6, 6.07) is 19.0. The number of nitrogens with zero attached hydrogens (tertiary/aromatic N) is 3. The Kier molecular flexibility index (Phi) is 7.19. The van der Waals surface area contributed by atoms with E-state index in [4.69, 9.17) is 0 Å². The van der Waals surface area contributed by atoms with Crippen LogP contribution in [0.3, 0.4) is 0 Å². The van der Waals surface area contributed by atoms with Crippen molar-refractivity contribution in [2.75, 3.05) is 10.8 Å².